The highest BCUT2D eigenvalue weighted by atomic mass is 32.1. The standard InChI is InChI=1S/C10H12N2S/c11-10(13)8-5-1-3-7-4-2-6-12-9(7)8/h2,4,6,8H,1,3,5H2,(H2,11,13). The maximum absolute atomic E-state index is 5.67. The number of thiocarbonyl (C=S) groups is 1. The van der Waals surface area contributed by atoms with Crippen molar-refractivity contribution >= 4 is 17.2 Å². The van der Waals surface area contributed by atoms with Crippen LogP contribution in [-0.4, -0.2) is 9.97 Å². The Bertz CT molecular complexity index is 335. The summed E-state index contributed by atoms with van der Waals surface area (Å²) in [5, 5.41) is 0. The van der Waals surface area contributed by atoms with E-state index < -0.39 is 0 Å². The lowest BCUT2D eigenvalue weighted by molar-refractivity contribution is 0.633. The number of fused-ring (bicyclic) bond motifs is 1. The molecule has 1 aliphatic carbocycles. The summed E-state index contributed by atoms with van der Waals surface area (Å²) >= 11 is 5.03. The average Bonchev–Trinajstić information content (AvgIpc) is 2.17. The fraction of sp³-hybridized carbons (Fsp3) is 0.400. The summed E-state index contributed by atoms with van der Waals surface area (Å²) in [5.74, 6) is 0.208. The van der Waals surface area contributed by atoms with Crippen LogP contribution in [0.4, 0.5) is 0 Å². The lowest BCUT2D eigenvalue weighted by atomic mass is 9.87. The summed E-state index contributed by atoms with van der Waals surface area (Å²) in [5.41, 5.74) is 8.08. The predicted octanol–water partition coefficient (Wildman–Crippen LogP) is 1.79. The van der Waals surface area contributed by atoms with E-state index in [4.69, 9.17) is 18.0 Å². The zero-order valence-electron chi connectivity index (χ0n) is 7.36. The third-order valence-corrected chi connectivity index (χ3v) is 2.82. The third kappa shape index (κ3) is 1.56. The first-order chi connectivity index (χ1) is 6.29. The zero-order chi connectivity index (χ0) is 9.26. The molecule has 1 atom stereocenters. The van der Waals surface area contributed by atoms with E-state index in [1.165, 1.54) is 12.0 Å². The van der Waals surface area contributed by atoms with Gasteiger partial charge in [-0.15, -0.1) is 0 Å². The molecule has 2 rings (SSSR count). The van der Waals surface area contributed by atoms with Crippen molar-refractivity contribution in [2.24, 2.45) is 5.73 Å². The average molecular weight is 192 g/mol. The van der Waals surface area contributed by atoms with Gasteiger partial charge in [-0.05, 0) is 30.9 Å². The second-order valence-corrected chi connectivity index (χ2v) is 3.87. The van der Waals surface area contributed by atoms with Gasteiger partial charge in [-0.1, -0.05) is 18.3 Å². The summed E-state index contributed by atoms with van der Waals surface area (Å²) in [6.07, 6.45) is 5.15. The Hall–Kier alpha value is -0.960. The number of pyridine rings is 1. The van der Waals surface area contributed by atoms with Crippen molar-refractivity contribution in [3.05, 3.63) is 29.6 Å². The van der Waals surface area contributed by atoms with Crippen molar-refractivity contribution in [3.8, 4) is 0 Å². The molecule has 0 amide bonds. The van der Waals surface area contributed by atoms with E-state index in [9.17, 15) is 0 Å². The number of hydrogen-bond acceptors (Lipinski definition) is 2. The maximum Gasteiger partial charge on any atom is 0.0819 e. The lowest BCUT2D eigenvalue weighted by Crippen LogP contribution is -2.24. The minimum atomic E-state index is 0.208. The molecule has 0 aromatic carbocycles. The molecule has 2 nitrogen and oxygen atoms in total. The molecule has 0 saturated carbocycles. The molecule has 13 heavy (non-hydrogen) atoms. The molecule has 0 aliphatic heterocycles. The van der Waals surface area contributed by atoms with Gasteiger partial charge < -0.3 is 5.73 Å². The van der Waals surface area contributed by atoms with Gasteiger partial charge in [0, 0.05) is 6.20 Å². The quantitative estimate of drug-likeness (QED) is 0.689. The highest BCUT2D eigenvalue weighted by Gasteiger charge is 2.22. The molecule has 68 valence electrons. The summed E-state index contributed by atoms with van der Waals surface area (Å²) in [4.78, 5) is 4.94. The molecule has 1 heterocycles. The van der Waals surface area contributed by atoms with Crippen molar-refractivity contribution in [1.29, 1.82) is 0 Å². The Balaban J connectivity index is 2.42. The van der Waals surface area contributed by atoms with Crippen LogP contribution >= 0.6 is 12.2 Å². The van der Waals surface area contributed by atoms with E-state index in [1.54, 1.807) is 0 Å². The number of nitrogens with zero attached hydrogens (tertiary/aromatic N) is 1. The van der Waals surface area contributed by atoms with Crippen molar-refractivity contribution in [3.63, 3.8) is 0 Å². The van der Waals surface area contributed by atoms with Gasteiger partial charge >= 0.3 is 0 Å². The van der Waals surface area contributed by atoms with Gasteiger partial charge in [0.25, 0.3) is 0 Å². The molecular weight excluding hydrogens is 180 g/mol. The van der Waals surface area contributed by atoms with Crippen molar-refractivity contribution in [2.45, 2.75) is 25.2 Å². The van der Waals surface area contributed by atoms with Crippen LogP contribution in [0.15, 0.2) is 18.3 Å². The minimum absolute atomic E-state index is 0.208. The van der Waals surface area contributed by atoms with Crippen LogP contribution in [0.2, 0.25) is 0 Å². The smallest absolute Gasteiger partial charge is 0.0819 e. The van der Waals surface area contributed by atoms with Crippen molar-refractivity contribution in [1.82, 2.24) is 4.98 Å². The maximum atomic E-state index is 5.67. The Morgan fingerprint density at radius 2 is 2.46 bits per heavy atom. The molecule has 1 unspecified atom stereocenters. The molecule has 0 radical (unpaired) electrons. The van der Waals surface area contributed by atoms with E-state index in [0.717, 1.165) is 18.5 Å². The molecule has 0 bridgehead atoms. The fourth-order valence-electron chi connectivity index (χ4n) is 1.89. The van der Waals surface area contributed by atoms with Crippen molar-refractivity contribution < 1.29 is 0 Å². The monoisotopic (exact) mass is 192 g/mol. The Morgan fingerprint density at radius 1 is 1.62 bits per heavy atom. The van der Waals surface area contributed by atoms with Gasteiger partial charge in [0.2, 0.25) is 0 Å². The van der Waals surface area contributed by atoms with Gasteiger partial charge in [0.15, 0.2) is 0 Å². The van der Waals surface area contributed by atoms with Crippen LogP contribution in [0.5, 0.6) is 0 Å². The molecule has 1 aliphatic rings. The van der Waals surface area contributed by atoms with Gasteiger partial charge in [-0.3, -0.25) is 4.98 Å². The first-order valence-corrected chi connectivity index (χ1v) is 4.93. The Kier molecular flexibility index (Phi) is 2.27. The first kappa shape index (κ1) is 8.63. The van der Waals surface area contributed by atoms with Gasteiger partial charge in [0.1, 0.15) is 0 Å². The summed E-state index contributed by atoms with van der Waals surface area (Å²) in [7, 11) is 0. The van der Waals surface area contributed by atoms with E-state index in [2.05, 4.69) is 11.1 Å². The van der Waals surface area contributed by atoms with Crippen LogP contribution in [0.3, 0.4) is 0 Å². The number of aryl methyl sites for hydroxylation is 1. The number of nitrogens with two attached hydrogens (primary N) is 1. The Labute approximate surface area is 83.2 Å². The topological polar surface area (TPSA) is 38.9 Å². The summed E-state index contributed by atoms with van der Waals surface area (Å²) < 4.78 is 0. The number of rotatable bonds is 1. The van der Waals surface area contributed by atoms with Gasteiger partial charge in [-0.2, -0.15) is 0 Å². The first-order valence-electron chi connectivity index (χ1n) is 4.52. The van der Waals surface area contributed by atoms with E-state index >= 15 is 0 Å². The van der Waals surface area contributed by atoms with Crippen LogP contribution in [-0.2, 0) is 6.42 Å². The molecule has 2 N–H and O–H groups in total. The molecule has 1 aromatic rings. The van der Waals surface area contributed by atoms with E-state index in [1.807, 2.05) is 12.3 Å². The van der Waals surface area contributed by atoms with Gasteiger partial charge in [0.05, 0.1) is 16.6 Å². The summed E-state index contributed by atoms with van der Waals surface area (Å²) in [6, 6.07) is 4.09. The predicted molar refractivity (Wildman–Crippen MR) is 56.7 cm³/mol. The number of aromatic nitrogens is 1. The molecule has 3 heteroatoms. The SMILES string of the molecule is NC(=S)C1CCCc2cccnc21. The van der Waals surface area contributed by atoms with Crippen LogP contribution in [0.25, 0.3) is 0 Å². The molecular formula is C10H12N2S. The van der Waals surface area contributed by atoms with Crippen LogP contribution < -0.4 is 5.73 Å². The fourth-order valence-corrected chi connectivity index (χ4v) is 2.12. The minimum Gasteiger partial charge on any atom is -0.393 e. The molecule has 0 saturated heterocycles. The molecule has 0 fully saturated rings. The largest absolute Gasteiger partial charge is 0.393 e. The van der Waals surface area contributed by atoms with Crippen LogP contribution in [0, 0.1) is 0 Å². The highest BCUT2D eigenvalue weighted by molar-refractivity contribution is 7.80. The normalized spacial score (nSPS) is 20.8. The van der Waals surface area contributed by atoms with E-state index in [-0.39, 0.29) is 5.92 Å². The Morgan fingerprint density at radius 3 is 3.23 bits per heavy atom. The van der Waals surface area contributed by atoms with Gasteiger partial charge in [-0.25, -0.2) is 0 Å². The molecule has 0 spiro atoms. The third-order valence-electron chi connectivity index (χ3n) is 2.54. The van der Waals surface area contributed by atoms with E-state index in [0.29, 0.717) is 4.99 Å². The second kappa shape index (κ2) is 3.42. The number of hydrogen-bond donors (Lipinski definition) is 1. The summed E-state index contributed by atoms with van der Waals surface area (Å²) in [6.45, 7) is 0. The molecule has 1 aromatic heterocycles. The highest BCUT2D eigenvalue weighted by Crippen LogP contribution is 2.29. The second-order valence-electron chi connectivity index (χ2n) is 3.39. The van der Waals surface area contributed by atoms with Crippen molar-refractivity contribution in [2.75, 3.05) is 0 Å². The van der Waals surface area contributed by atoms with Crippen LogP contribution in [0.1, 0.15) is 30.0 Å². The lowest BCUT2D eigenvalue weighted by Gasteiger charge is -2.22. The zero-order valence-corrected chi connectivity index (χ0v) is 8.18.